The molecule has 0 bridgehead atoms. The fourth-order valence-electron chi connectivity index (χ4n) is 1.69. The van der Waals surface area contributed by atoms with Crippen LogP contribution in [0.15, 0.2) is 6.08 Å². The molecule has 0 aliphatic carbocycles. The Labute approximate surface area is 136 Å². The fourth-order valence-corrected chi connectivity index (χ4v) is 2.22. The summed E-state index contributed by atoms with van der Waals surface area (Å²) in [6.07, 6.45) is -7.97. The first kappa shape index (κ1) is 5.45. The van der Waals surface area contributed by atoms with Gasteiger partial charge in [0.25, 0.3) is 5.88 Å². The number of likely N-dealkylation sites (N-methyl/N-ethyl adjacent to an activating group) is 1. The Hall–Kier alpha value is -0.940. The molecular formula is C14H23N3OS. The molecule has 0 fully saturated rings. The van der Waals surface area contributed by atoms with E-state index >= 15 is 0 Å². The Balaban J connectivity index is 2.09. The van der Waals surface area contributed by atoms with Crippen LogP contribution in [0.3, 0.4) is 0 Å². The number of hydrogen-bond donors (Lipinski definition) is 0. The zero-order valence-electron chi connectivity index (χ0n) is 22.3. The number of ether oxygens (including phenoxy) is 1. The molecule has 19 heavy (non-hydrogen) atoms. The van der Waals surface area contributed by atoms with Gasteiger partial charge in [0, 0.05) is 29.5 Å². The minimum absolute atomic E-state index is 0.0267. The van der Waals surface area contributed by atoms with Crippen molar-refractivity contribution in [2.45, 2.75) is 38.8 Å². The van der Waals surface area contributed by atoms with E-state index in [1.807, 2.05) is 6.08 Å². The second-order valence-corrected chi connectivity index (χ2v) is 4.41. The molecule has 0 atom stereocenters. The van der Waals surface area contributed by atoms with Crippen molar-refractivity contribution in [3.63, 3.8) is 0 Å². The van der Waals surface area contributed by atoms with Crippen LogP contribution in [0.4, 0.5) is 0 Å². The van der Waals surface area contributed by atoms with Crippen LogP contribution in [0.1, 0.15) is 61.0 Å². The van der Waals surface area contributed by atoms with Crippen molar-refractivity contribution in [1.29, 1.82) is 0 Å². The van der Waals surface area contributed by atoms with E-state index in [9.17, 15) is 0 Å². The minimum Gasteiger partial charge on any atom is -0.475 e. The standard InChI is InChI=1S/C14H23N3OS/c1-3-4-5-6-10-18-14-13(15-19-16-14)12-8-7-9-17(2)11-12/h8H,3-7,9-11H2,1-2H3/i1D3,2D3,3D2,4D2,5D2. The van der Waals surface area contributed by atoms with Gasteiger partial charge in [0.15, 0.2) is 0 Å². The molecule has 0 saturated heterocycles. The third-order valence-electron chi connectivity index (χ3n) is 2.53. The lowest BCUT2D eigenvalue weighted by atomic mass is 10.1. The Kier molecular flexibility index (Phi) is 2.18. The SMILES string of the molecule is [2H]C([2H])([2H])N1CCC=C(c2nsnc2OCCC([2H])([2H])C([2H])([2H])C([2H])([2H])C([2H])([2H])[2H])C1. The highest BCUT2D eigenvalue weighted by Crippen LogP contribution is 2.27. The van der Waals surface area contributed by atoms with Crippen LogP contribution in [0.2, 0.25) is 0 Å². The highest BCUT2D eigenvalue weighted by molar-refractivity contribution is 6.99. The number of hydrogen-bond acceptors (Lipinski definition) is 5. The maximum Gasteiger partial charge on any atom is 0.253 e. The Morgan fingerprint density at radius 2 is 2.53 bits per heavy atom. The van der Waals surface area contributed by atoms with Gasteiger partial charge < -0.3 is 9.64 Å². The molecule has 2 rings (SSSR count). The summed E-state index contributed by atoms with van der Waals surface area (Å²) in [6.45, 7) is -5.60. The van der Waals surface area contributed by atoms with Gasteiger partial charge in [-0.25, -0.2) is 0 Å². The first-order valence-corrected chi connectivity index (χ1v) is 6.55. The Morgan fingerprint density at radius 3 is 3.42 bits per heavy atom. The molecule has 0 saturated carbocycles. The summed E-state index contributed by atoms with van der Waals surface area (Å²) in [5.41, 5.74) is 0.892. The molecule has 1 aliphatic heterocycles. The van der Waals surface area contributed by atoms with Crippen LogP contribution in [0.5, 0.6) is 5.88 Å². The summed E-state index contributed by atoms with van der Waals surface area (Å²) in [7, 11) is 0. The van der Waals surface area contributed by atoms with Gasteiger partial charge in [-0.2, -0.15) is 4.37 Å². The van der Waals surface area contributed by atoms with Crippen molar-refractivity contribution in [3.8, 4) is 5.88 Å². The second kappa shape index (κ2) is 7.60. The van der Waals surface area contributed by atoms with E-state index in [1.54, 1.807) is 0 Å². The van der Waals surface area contributed by atoms with Gasteiger partial charge in [0.2, 0.25) is 0 Å². The number of nitrogens with zero attached hydrogens (tertiary/aromatic N) is 3. The Bertz CT molecular complexity index is 801. The van der Waals surface area contributed by atoms with Crippen LogP contribution in [-0.2, 0) is 0 Å². The lowest BCUT2D eigenvalue weighted by Crippen LogP contribution is -2.25. The van der Waals surface area contributed by atoms with Crippen LogP contribution in [-0.4, -0.2) is 40.3 Å². The second-order valence-electron chi connectivity index (χ2n) is 3.88. The van der Waals surface area contributed by atoms with Gasteiger partial charge in [-0.05, 0) is 25.4 Å². The van der Waals surface area contributed by atoms with Crippen molar-refractivity contribution in [2.75, 3.05) is 26.7 Å². The summed E-state index contributed by atoms with van der Waals surface area (Å²) >= 11 is 0.813. The molecule has 1 aliphatic rings. The third kappa shape index (κ3) is 4.28. The lowest BCUT2D eigenvalue weighted by molar-refractivity contribution is 0.294. The van der Waals surface area contributed by atoms with Gasteiger partial charge in [0.05, 0.1) is 18.3 Å². The van der Waals surface area contributed by atoms with Crippen molar-refractivity contribution < 1.29 is 21.2 Å². The summed E-state index contributed by atoms with van der Waals surface area (Å²) < 4.78 is 105. The number of aromatic nitrogens is 2. The van der Waals surface area contributed by atoms with Gasteiger partial charge in [-0.15, -0.1) is 4.37 Å². The highest BCUT2D eigenvalue weighted by atomic mass is 32.1. The summed E-state index contributed by atoms with van der Waals surface area (Å²) in [6, 6.07) is 0. The fraction of sp³-hybridized carbons (Fsp3) is 0.714. The smallest absolute Gasteiger partial charge is 0.253 e. The average molecular weight is 293 g/mol. The van der Waals surface area contributed by atoms with E-state index in [-0.39, 0.29) is 12.4 Å². The first-order valence-electron chi connectivity index (χ1n) is 11.8. The molecule has 2 heterocycles. The van der Waals surface area contributed by atoms with E-state index in [4.69, 9.17) is 21.2 Å². The van der Waals surface area contributed by atoms with Crippen molar-refractivity contribution in [1.82, 2.24) is 13.6 Å². The minimum atomic E-state index is -3.43. The highest BCUT2D eigenvalue weighted by Gasteiger charge is 2.18. The molecule has 0 N–H and O–H groups in total. The Morgan fingerprint density at radius 1 is 1.53 bits per heavy atom. The quantitative estimate of drug-likeness (QED) is 0.773. The number of rotatable bonds is 7. The van der Waals surface area contributed by atoms with Gasteiger partial charge >= 0.3 is 0 Å². The molecule has 0 radical (unpaired) electrons. The molecule has 1 aromatic rings. The van der Waals surface area contributed by atoms with E-state index in [0.717, 1.165) is 11.7 Å². The molecule has 0 aromatic carbocycles. The molecule has 4 nitrogen and oxygen atoms in total. The van der Waals surface area contributed by atoms with Crippen molar-refractivity contribution in [2.24, 2.45) is 0 Å². The molecule has 5 heteroatoms. The third-order valence-corrected chi connectivity index (χ3v) is 3.04. The van der Waals surface area contributed by atoms with Crippen LogP contribution in [0, 0.1) is 0 Å². The molecule has 106 valence electrons. The molecule has 0 amide bonds. The van der Waals surface area contributed by atoms with Gasteiger partial charge in [-0.3, -0.25) is 0 Å². The zero-order chi connectivity index (χ0) is 23.9. The van der Waals surface area contributed by atoms with E-state index in [0.29, 0.717) is 24.2 Å². The normalized spacial score (nSPS) is 29.4. The summed E-state index contributed by atoms with van der Waals surface area (Å²) in [5, 5.41) is 0. The molecule has 0 spiro atoms. The monoisotopic (exact) mass is 293 g/mol. The van der Waals surface area contributed by atoms with Crippen LogP contribution >= 0.6 is 11.7 Å². The van der Waals surface area contributed by atoms with Crippen LogP contribution in [0.25, 0.3) is 5.57 Å². The predicted octanol–water partition coefficient (Wildman–Crippen LogP) is 3.22. The van der Waals surface area contributed by atoms with Gasteiger partial charge in [-0.1, -0.05) is 32.0 Å². The summed E-state index contributed by atoms with van der Waals surface area (Å²) in [5.74, 6) is 0.0267. The average Bonchev–Trinajstić information content (AvgIpc) is 3.08. The van der Waals surface area contributed by atoms with E-state index < -0.39 is 46.0 Å². The first-order chi connectivity index (χ1) is 13.9. The van der Waals surface area contributed by atoms with Crippen molar-refractivity contribution in [3.05, 3.63) is 11.8 Å². The topological polar surface area (TPSA) is 38.2 Å². The largest absolute Gasteiger partial charge is 0.475 e. The zero-order valence-corrected chi connectivity index (χ0v) is 11.1. The summed E-state index contributed by atoms with van der Waals surface area (Å²) in [4.78, 5) is 1.30. The van der Waals surface area contributed by atoms with Crippen LogP contribution < -0.4 is 4.74 Å². The van der Waals surface area contributed by atoms with E-state index in [2.05, 4.69) is 8.75 Å². The molecule has 0 unspecified atom stereocenters. The molecular weight excluding hydrogens is 258 g/mol. The van der Waals surface area contributed by atoms with Crippen molar-refractivity contribution >= 4 is 17.3 Å². The molecule has 1 aromatic heterocycles. The maximum absolute atomic E-state index is 7.95. The lowest BCUT2D eigenvalue weighted by Gasteiger charge is -2.22. The van der Waals surface area contributed by atoms with E-state index in [1.165, 1.54) is 4.90 Å². The van der Waals surface area contributed by atoms with Gasteiger partial charge in [0.1, 0.15) is 5.69 Å². The maximum atomic E-state index is 7.95. The predicted molar refractivity (Wildman–Crippen MR) is 79.6 cm³/mol.